The molecule has 1 aromatic rings. The first-order valence-corrected chi connectivity index (χ1v) is 11.2. The van der Waals surface area contributed by atoms with Gasteiger partial charge in [-0.05, 0) is 25.5 Å². The number of hydrogen-bond donors (Lipinski definition) is 1. The summed E-state index contributed by atoms with van der Waals surface area (Å²) in [5.41, 5.74) is 0. The Morgan fingerprint density at radius 3 is 2.33 bits per heavy atom. The summed E-state index contributed by atoms with van der Waals surface area (Å²) in [6.45, 7) is 4.54. The summed E-state index contributed by atoms with van der Waals surface area (Å²) in [6.07, 6.45) is 13.6. The van der Waals surface area contributed by atoms with Crippen LogP contribution in [0.5, 0.6) is 0 Å². The monoisotopic (exact) mass is 422 g/mol. The van der Waals surface area contributed by atoms with E-state index in [1.807, 2.05) is 0 Å². The first kappa shape index (κ1) is 25.7. The third kappa shape index (κ3) is 12.3. The summed E-state index contributed by atoms with van der Waals surface area (Å²) in [5, 5.41) is 2.76. The fraction of sp³-hybridized carbons (Fsp3) is 0.696. The summed E-state index contributed by atoms with van der Waals surface area (Å²) in [4.78, 5) is 27.1. The van der Waals surface area contributed by atoms with E-state index in [2.05, 4.69) is 22.0 Å². The van der Waals surface area contributed by atoms with Crippen LogP contribution in [0.25, 0.3) is 0 Å². The normalized spacial score (nSPS) is 12.1. The van der Waals surface area contributed by atoms with Crippen LogP contribution in [-0.4, -0.2) is 38.0 Å². The molecule has 30 heavy (non-hydrogen) atoms. The summed E-state index contributed by atoms with van der Waals surface area (Å²) >= 11 is 0. The Morgan fingerprint density at radius 1 is 1.07 bits per heavy atom. The molecule has 0 aliphatic carbocycles. The van der Waals surface area contributed by atoms with Crippen molar-refractivity contribution in [2.24, 2.45) is 4.99 Å². The first-order valence-electron chi connectivity index (χ1n) is 11.2. The number of unbranched alkanes of at least 4 members (excludes halogenated alkanes) is 9. The van der Waals surface area contributed by atoms with Crippen LogP contribution in [0.15, 0.2) is 21.5 Å². The Kier molecular flexibility index (Phi) is 14.1. The van der Waals surface area contributed by atoms with Crippen LogP contribution < -0.4 is 5.32 Å². The molecule has 1 amide bonds. The molecule has 0 bridgehead atoms. The molecule has 0 saturated heterocycles. The number of nitrogens with zero attached hydrogens (tertiary/aromatic N) is 1. The number of carbonyl (C=O) groups excluding carboxylic acids is 2. The van der Waals surface area contributed by atoms with Gasteiger partial charge >= 0.3 is 12.1 Å². The maximum Gasteiger partial charge on any atom is 0.407 e. The van der Waals surface area contributed by atoms with Crippen molar-refractivity contribution < 1.29 is 23.5 Å². The second-order valence-electron chi connectivity index (χ2n) is 7.47. The van der Waals surface area contributed by atoms with Gasteiger partial charge in [0.25, 0.3) is 0 Å². The van der Waals surface area contributed by atoms with Crippen molar-refractivity contribution in [1.82, 2.24) is 5.32 Å². The van der Waals surface area contributed by atoms with Gasteiger partial charge in [0.15, 0.2) is 6.61 Å². The van der Waals surface area contributed by atoms with Crippen molar-refractivity contribution in [1.29, 1.82) is 0 Å². The summed E-state index contributed by atoms with van der Waals surface area (Å²) in [7, 11) is 1.32. The van der Waals surface area contributed by atoms with Crippen LogP contribution in [0.1, 0.15) is 89.6 Å². The zero-order chi connectivity index (χ0) is 22.0. The second-order valence-corrected chi connectivity index (χ2v) is 7.47. The fourth-order valence-corrected chi connectivity index (χ4v) is 2.95. The van der Waals surface area contributed by atoms with Crippen LogP contribution in [0.2, 0.25) is 0 Å². The fourth-order valence-electron chi connectivity index (χ4n) is 2.95. The highest BCUT2D eigenvalue weighted by Crippen LogP contribution is 2.10. The highest BCUT2D eigenvalue weighted by molar-refractivity contribution is 5.81. The van der Waals surface area contributed by atoms with Crippen molar-refractivity contribution in [2.75, 3.05) is 13.7 Å². The number of amides is 1. The largest absolute Gasteiger partial charge is 0.467 e. The van der Waals surface area contributed by atoms with Gasteiger partial charge in [0.05, 0.1) is 13.3 Å². The number of methoxy groups -OCH3 is 1. The Labute approximate surface area is 180 Å². The van der Waals surface area contributed by atoms with E-state index in [-0.39, 0.29) is 6.61 Å². The Morgan fingerprint density at radius 2 is 1.70 bits per heavy atom. The third-order valence-corrected chi connectivity index (χ3v) is 4.80. The predicted molar refractivity (Wildman–Crippen MR) is 118 cm³/mol. The van der Waals surface area contributed by atoms with E-state index in [0.717, 1.165) is 12.8 Å². The lowest BCUT2D eigenvalue weighted by Crippen LogP contribution is -2.25. The van der Waals surface area contributed by atoms with Gasteiger partial charge in [-0.1, -0.05) is 64.7 Å². The predicted octanol–water partition coefficient (Wildman–Crippen LogP) is 5.41. The number of aliphatic imine (C=N–C) groups is 1. The minimum atomic E-state index is -0.601. The van der Waals surface area contributed by atoms with Gasteiger partial charge in [-0.15, -0.1) is 0 Å². The molecule has 1 aromatic heterocycles. The van der Waals surface area contributed by atoms with E-state index in [4.69, 9.17) is 9.15 Å². The number of esters is 1. The molecule has 7 nitrogen and oxygen atoms in total. The molecule has 0 aromatic carbocycles. The van der Waals surface area contributed by atoms with Crippen molar-refractivity contribution in [3.05, 3.63) is 23.7 Å². The van der Waals surface area contributed by atoms with E-state index in [9.17, 15) is 9.59 Å². The minimum absolute atomic E-state index is 0.0459. The third-order valence-electron chi connectivity index (χ3n) is 4.80. The molecular formula is C23H38N2O5. The van der Waals surface area contributed by atoms with Crippen LogP contribution >= 0.6 is 0 Å². The highest BCUT2D eigenvalue weighted by atomic mass is 16.6. The molecule has 1 atom stereocenters. The van der Waals surface area contributed by atoms with Gasteiger partial charge in [-0.2, -0.15) is 0 Å². The lowest BCUT2D eigenvalue weighted by Gasteiger charge is -2.06. The van der Waals surface area contributed by atoms with Gasteiger partial charge < -0.3 is 19.2 Å². The van der Waals surface area contributed by atoms with Crippen molar-refractivity contribution in [3.8, 4) is 0 Å². The number of ether oxygens (including phenoxy) is 2. The Hall–Kier alpha value is -2.31. The molecule has 1 rings (SSSR count). The molecule has 0 aliphatic rings. The van der Waals surface area contributed by atoms with Gasteiger partial charge in [0.2, 0.25) is 0 Å². The lowest BCUT2D eigenvalue weighted by molar-refractivity contribution is -0.141. The smallest absolute Gasteiger partial charge is 0.407 e. The SMILES string of the molecule is CCCCCCCCCCCCNC(=O)OCc1ccc(/C=N/C(C)C(=O)OC)o1. The van der Waals surface area contributed by atoms with Crippen LogP contribution in [0, 0.1) is 0 Å². The van der Waals surface area contributed by atoms with E-state index in [1.54, 1.807) is 19.1 Å². The van der Waals surface area contributed by atoms with Gasteiger partial charge in [0.1, 0.15) is 17.6 Å². The number of rotatable bonds is 16. The first-order chi connectivity index (χ1) is 14.6. The maximum absolute atomic E-state index is 11.8. The molecule has 0 radical (unpaired) electrons. The maximum atomic E-state index is 11.8. The number of alkyl carbamates (subject to hydrolysis) is 1. The molecular weight excluding hydrogens is 384 g/mol. The van der Waals surface area contributed by atoms with Gasteiger partial charge in [-0.25, -0.2) is 9.59 Å². The summed E-state index contributed by atoms with van der Waals surface area (Å²) in [6, 6.07) is 2.81. The molecule has 7 heteroatoms. The zero-order valence-electron chi connectivity index (χ0n) is 18.8. The quantitative estimate of drug-likeness (QED) is 0.219. The van der Waals surface area contributed by atoms with Crippen molar-refractivity contribution in [2.45, 2.75) is 90.7 Å². The van der Waals surface area contributed by atoms with Crippen LogP contribution in [0.4, 0.5) is 4.79 Å². The topological polar surface area (TPSA) is 90.1 Å². The molecule has 1 heterocycles. The van der Waals surface area contributed by atoms with Crippen molar-refractivity contribution in [3.63, 3.8) is 0 Å². The molecule has 0 fully saturated rings. The van der Waals surface area contributed by atoms with E-state index in [1.165, 1.54) is 64.7 Å². The van der Waals surface area contributed by atoms with Gasteiger partial charge in [-0.3, -0.25) is 4.99 Å². The number of carbonyl (C=O) groups is 2. The Bertz CT molecular complexity index is 627. The molecule has 0 aliphatic heterocycles. The molecule has 1 N–H and O–H groups in total. The number of furan rings is 1. The Balaban J connectivity index is 2.06. The van der Waals surface area contributed by atoms with Gasteiger partial charge in [0, 0.05) is 6.54 Å². The average molecular weight is 423 g/mol. The summed E-state index contributed by atoms with van der Waals surface area (Å²) in [5.74, 6) is 0.576. The molecule has 0 saturated carbocycles. The number of nitrogens with one attached hydrogen (secondary N) is 1. The molecule has 170 valence electrons. The van der Waals surface area contributed by atoms with Crippen LogP contribution in [0.3, 0.4) is 0 Å². The molecule has 1 unspecified atom stereocenters. The minimum Gasteiger partial charge on any atom is -0.467 e. The summed E-state index contributed by atoms with van der Waals surface area (Å²) < 4.78 is 15.3. The average Bonchev–Trinajstić information content (AvgIpc) is 3.21. The second kappa shape index (κ2) is 16.5. The van der Waals surface area contributed by atoms with Crippen LogP contribution in [-0.2, 0) is 20.9 Å². The number of hydrogen-bond acceptors (Lipinski definition) is 6. The standard InChI is InChI=1S/C23H38N2O5/c1-4-5-6-7-8-9-10-11-12-13-16-24-23(27)29-18-21-15-14-20(30-21)17-25-19(2)22(26)28-3/h14-15,17,19H,4-13,16,18H2,1-3H3,(H,24,27)/b25-17+. The van der Waals surface area contributed by atoms with E-state index < -0.39 is 18.1 Å². The van der Waals surface area contributed by atoms with E-state index in [0.29, 0.717) is 18.1 Å². The lowest BCUT2D eigenvalue weighted by atomic mass is 10.1. The van der Waals surface area contributed by atoms with Crippen molar-refractivity contribution >= 4 is 18.3 Å². The highest BCUT2D eigenvalue weighted by Gasteiger charge is 2.10. The zero-order valence-corrected chi connectivity index (χ0v) is 18.8. The van der Waals surface area contributed by atoms with E-state index >= 15 is 0 Å². The molecule has 0 spiro atoms.